The second kappa shape index (κ2) is 8.19. The maximum absolute atomic E-state index is 11.9. The maximum Gasteiger partial charge on any atom is 0.333 e. The molecule has 1 atom stereocenters. The number of ether oxygens (including phenoxy) is 1. The zero-order chi connectivity index (χ0) is 18.4. The highest BCUT2D eigenvalue weighted by atomic mass is 16.5. The highest BCUT2D eigenvalue weighted by molar-refractivity contribution is 5.84. The Morgan fingerprint density at radius 1 is 0.960 bits per heavy atom. The van der Waals surface area contributed by atoms with Gasteiger partial charge in [-0.25, -0.2) is 4.79 Å². The number of benzene rings is 2. The molecule has 0 aromatic heterocycles. The number of esters is 1. The molecule has 0 radical (unpaired) electrons. The van der Waals surface area contributed by atoms with Crippen LogP contribution in [-0.2, 0) is 9.59 Å². The number of hydrogen-bond donors (Lipinski definition) is 2. The summed E-state index contributed by atoms with van der Waals surface area (Å²) in [5.41, 5.74) is 2.98. The molecule has 6 nitrogen and oxygen atoms in total. The van der Waals surface area contributed by atoms with Crippen molar-refractivity contribution in [3.63, 3.8) is 0 Å². The van der Waals surface area contributed by atoms with Crippen LogP contribution in [0.25, 0.3) is 0 Å². The van der Waals surface area contributed by atoms with Crippen molar-refractivity contribution in [1.29, 1.82) is 0 Å². The lowest BCUT2D eigenvalue weighted by Gasteiger charge is -2.14. The van der Waals surface area contributed by atoms with Gasteiger partial charge in [-0.3, -0.25) is 4.79 Å². The lowest BCUT2D eigenvalue weighted by Crippen LogP contribution is -2.39. The molecule has 0 bridgehead atoms. The molecule has 25 heavy (non-hydrogen) atoms. The number of nitrogens with zero attached hydrogens (tertiary/aromatic N) is 1. The van der Waals surface area contributed by atoms with Gasteiger partial charge < -0.3 is 20.3 Å². The van der Waals surface area contributed by atoms with Gasteiger partial charge in [-0.1, -0.05) is 0 Å². The minimum absolute atomic E-state index is 0.274. The summed E-state index contributed by atoms with van der Waals surface area (Å²) in [5.74, 6) is -0.352. The Morgan fingerprint density at radius 2 is 1.48 bits per heavy atom. The number of rotatable bonds is 6. The second-order valence-electron chi connectivity index (χ2n) is 5.93. The van der Waals surface area contributed by atoms with Gasteiger partial charge in [0, 0.05) is 38.1 Å². The van der Waals surface area contributed by atoms with Crippen molar-refractivity contribution >= 4 is 28.9 Å². The van der Waals surface area contributed by atoms with E-state index in [1.807, 2.05) is 55.4 Å². The molecule has 0 spiro atoms. The van der Waals surface area contributed by atoms with Crippen molar-refractivity contribution in [3.05, 3.63) is 48.5 Å². The molecule has 2 aromatic carbocycles. The molecule has 0 aliphatic carbocycles. The van der Waals surface area contributed by atoms with Gasteiger partial charge in [-0.05, 0) is 55.5 Å². The molecule has 0 heterocycles. The van der Waals surface area contributed by atoms with Gasteiger partial charge in [0.2, 0.25) is 5.91 Å². The van der Waals surface area contributed by atoms with Crippen LogP contribution in [0.15, 0.2) is 48.5 Å². The van der Waals surface area contributed by atoms with E-state index in [1.165, 1.54) is 6.92 Å². The standard InChI is InChI=1S/C19H23N3O3/c1-13(20-14(2)23)19(24)25-18-11-7-16(8-12-18)21-15-5-9-17(10-6-15)22(3)4/h5-13,21H,1-4H3,(H,20,23)/t13-/m0/s1. The van der Waals surface area contributed by atoms with E-state index in [0.29, 0.717) is 5.75 Å². The third kappa shape index (κ3) is 5.53. The lowest BCUT2D eigenvalue weighted by atomic mass is 10.2. The molecule has 1 amide bonds. The van der Waals surface area contributed by atoms with E-state index < -0.39 is 12.0 Å². The maximum atomic E-state index is 11.9. The normalized spacial score (nSPS) is 11.4. The summed E-state index contributed by atoms with van der Waals surface area (Å²) in [4.78, 5) is 24.8. The topological polar surface area (TPSA) is 70.7 Å². The molecular weight excluding hydrogens is 318 g/mol. The van der Waals surface area contributed by atoms with Gasteiger partial charge in [0.25, 0.3) is 0 Å². The Hall–Kier alpha value is -3.02. The Balaban J connectivity index is 1.95. The molecule has 0 fully saturated rings. The van der Waals surface area contributed by atoms with E-state index in [1.54, 1.807) is 19.1 Å². The van der Waals surface area contributed by atoms with E-state index in [4.69, 9.17) is 4.74 Å². The summed E-state index contributed by atoms with van der Waals surface area (Å²) in [6, 6.07) is 14.4. The smallest absolute Gasteiger partial charge is 0.333 e. The summed E-state index contributed by atoms with van der Waals surface area (Å²) in [6.45, 7) is 2.94. The fraction of sp³-hybridized carbons (Fsp3) is 0.263. The molecule has 0 aliphatic heterocycles. The van der Waals surface area contributed by atoms with Gasteiger partial charge in [0.05, 0.1) is 0 Å². The first-order chi connectivity index (χ1) is 11.8. The van der Waals surface area contributed by atoms with Gasteiger partial charge in [0.15, 0.2) is 0 Å². The number of carbonyl (C=O) groups excluding carboxylic acids is 2. The van der Waals surface area contributed by atoms with E-state index in [2.05, 4.69) is 10.6 Å². The molecule has 0 saturated heterocycles. The van der Waals surface area contributed by atoms with Crippen LogP contribution < -0.4 is 20.3 Å². The van der Waals surface area contributed by atoms with Gasteiger partial charge in [-0.15, -0.1) is 0 Å². The van der Waals surface area contributed by atoms with Crippen LogP contribution in [0.2, 0.25) is 0 Å². The average Bonchev–Trinajstić information content (AvgIpc) is 2.56. The number of hydrogen-bond acceptors (Lipinski definition) is 5. The average molecular weight is 341 g/mol. The first-order valence-electron chi connectivity index (χ1n) is 7.98. The molecule has 2 aromatic rings. The summed E-state index contributed by atoms with van der Waals surface area (Å²) in [7, 11) is 3.99. The second-order valence-corrected chi connectivity index (χ2v) is 5.93. The third-order valence-corrected chi connectivity index (χ3v) is 3.52. The van der Waals surface area contributed by atoms with Crippen LogP contribution in [0.4, 0.5) is 17.1 Å². The molecule has 2 rings (SSSR count). The van der Waals surface area contributed by atoms with Gasteiger partial charge in [0.1, 0.15) is 11.8 Å². The zero-order valence-electron chi connectivity index (χ0n) is 14.9. The third-order valence-electron chi connectivity index (χ3n) is 3.52. The van der Waals surface area contributed by atoms with E-state index >= 15 is 0 Å². The van der Waals surface area contributed by atoms with Crippen LogP contribution in [0.3, 0.4) is 0 Å². The molecule has 0 aliphatic rings. The summed E-state index contributed by atoms with van der Waals surface area (Å²) in [5, 5.41) is 5.77. The van der Waals surface area contributed by atoms with Crippen molar-refractivity contribution in [1.82, 2.24) is 5.32 Å². The van der Waals surface area contributed by atoms with Crippen LogP contribution in [0.5, 0.6) is 5.75 Å². The summed E-state index contributed by atoms with van der Waals surface area (Å²) >= 11 is 0. The monoisotopic (exact) mass is 341 g/mol. The molecule has 0 unspecified atom stereocenters. The van der Waals surface area contributed by atoms with E-state index in [0.717, 1.165) is 17.1 Å². The predicted molar refractivity (Wildman–Crippen MR) is 99.4 cm³/mol. The Labute approximate surface area is 147 Å². The van der Waals surface area contributed by atoms with Crippen LogP contribution >= 0.6 is 0 Å². The molecular formula is C19H23N3O3. The highest BCUT2D eigenvalue weighted by Crippen LogP contribution is 2.22. The fourth-order valence-electron chi connectivity index (χ4n) is 2.18. The van der Waals surface area contributed by atoms with Crippen LogP contribution in [0, 0.1) is 0 Å². The quantitative estimate of drug-likeness (QED) is 0.624. The lowest BCUT2D eigenvalue weighted by molar-refractivity contribution is -0.138. The van der Waals surface area contributed by atoms with Crippen molar-refractivity contribution in [3.8, 4) is 5.75 Å². The van der Waals surface area contributed by atoms with Crippen molar-refractivity contribution in [2.75, 3.05) is 24.3 Å². The van der Waals surface area contributed by atoms with Crippen LogP contribution in [-0.4, -0.2) is 32.0 Å². The number of carbonyl (C=O) groups is 2. The summed E-state index contributed by atoms with van der Waals surface area (Å²) < 4.78 is 5.24. The summed E-state index contributed by atoms with van der Waals surface area (Å²) in [6.07, 6.45) is 0. The van der Waals surface area contributed by atoms with Crippen LogP contribution in [0.1, 0.15) is 13.8 Å². The zero-order valence-corrected chi connectivity index (χ0v) is 14.9. The number of amides is 1. The first kappa shape index (κ1) is 18.3. The molecule has 132 valence electrons. The molecule has 2 N–H and O–H groups in total. The predicted octanol–water partition coefficient (Wildman–Crippen LogP) is 2.93. The van der Waals surface area contributed by atoms with Gasteiger partial charge in [-0.2, -0.15) is 0 Å². The minimum atomic E-state index is -0.689. The molecule has 6 heteroatoms. The Kier molecular flexibility index (Phi) is 6.00. The van der Waals surface area contributed by atoms with E-state index in [9.17, 15) is 9.59 Å². The number of anilines is 3. The Morgan fingerprint density at radius 3 is 1.96 bits per heavy atom. The van der Waals surface area contributed by atoms with E-state index in [-0.39, 0.29) is 5.91 Å². The first-order valence-corrected chi connectivity index (χ1v) is 7.98. The Bertz CT molecular complexity index is 725. The van der Waals surface area contributed by atoms with Crippen molar-refractivity contribution in [2.24, 2.45) is 0 Å². The van der Waals surface area contributed by atoms with Crippen molar-refractivity contribution < 1.29 is 14.3 Å². The number of nitrogens with one attached hydrogen (secondary N) is 2. The highest BCUT2D eigenvalue weighted by Gasteiger charge is 2.15. The van der Waals surface area contributed by atoms with Crippen molar-refractivity contribution in [2.45, 2.75) is 19.9 Å². The largest absolute Gasteiger partial charge is 0.425 e. The minimum Gasteiger partial charge on any atom is -0.425 e. The van der Waals surface area contributed by atoms with Gasteiger partial charge >= 0.3 is 5.97 Å². The SMILES string of the molecule is CC(=O)N[C@@H](C)C(=O)Oc1ccc(Nc2ccc(N(C)C)cc2)cc1. The fourth-order valence-corrected chi connectivity index (χ4v) is 2.18. The molecule has 0 saturated carbocycles.